The molecule has 10 nitrogen and oxygen atoms in total. The van der Waals surface area contributed by atoms with Crippen molar-refractivity contribution >= 4 is 11.8 Å². The zero-order valence-corrected chi connectivity index (χ0v) is 22.5. The molecule has 0 aliphatic carbocycles. The van der Waals surface area contributed by atoms with Crippen molar-refractivity contribution in [3.05, 3.63) is 71.2 Å². The molecule has 2 aromatic carbocycles. The van der Waals surface area contributed by atoms with Crippen molar-refractivity contribution in [3.63, 3.8) is 0 Å². The average molecular weight is 536 g/mol. The standard InChI is InChI=1S/C29H33N3O7/c1-20(33)31-10-12-32(13-11-31)29(34)26-9-6-23(39-26)18-30(16-21-4-7-24(35-2)27(14-21)36-3)17-22-5-8-25-28(15-22)38-19-37-25/h4-9,14-15H,10-13,16-19H2,1-3H3. The van der Waals surface area contributed by atoms with Gasteiger partial charge in [-0.25, -0.2) is 0 Å². The van der Waals surface area contributed by atoms with Crippen molar-refractivity contribution in [2.45, 2.75) is 26.6 Å². The highest BCUT2D eigenvalue weighted by molar-refractivity contribution is 5.91. The van der Waals surface area contributed by atoms with Gasteiger partial charge in [0.25, 0.3) is 5.91 Å². The average Bonchev–Trinajstić information content (AvgIpc) is 3.62. The summed E-state index contributed by atoms with van der Waals surface area (Å²) >= 11 is 0. The van der Waals surface area contributed by atoms with Gasteiger partial charge in [0.15, 0.2) is 28.8 Å². The number of hydrogen-bond donors (Lipinski definition) is 0. The minimum absolute atomic E-state index is 0.0272. The largest absolute Gasteiger partial charge is 0.493 e. The first-order chi connectivity index (χ1) is 18.9. The van der Waals surface area contributed by atoms with E-state index in [0.29, 0.717) is 68.8 Å². The Morgan fingerprint density at radius 2 is 1.46 bits per heavy atom. The minimum Gasteiger partial charge on any atom is -0.493 e. The third kappa shape index (κ3) is 6.12. The van der Waals surface area contributed by atoms with Crippen molar-refractivity contribution in [2.75, 3.05) is 47.2 Å². The number of nitrogens with zero attached hydrogens (tertiary/aromatic N) is 3. The predicted octanol–water partition coefficient (Wildman–Crippen LogP) is 3.53. The van der Waals surface area contributed by atoms with E-state index in [0.717, 1.165) is 22.6 Å². The highest BCUT2D eigenvalue weighted by Crippen LogP contribution is 2.33. The Kier molecular flexibility index (Phi) is 7.92. The molecule has 5 rings (SSSR count). The number of methoxy groups -OCH3 is 2. The van der Waals surface area contributed by atoms with Crippen LogP contribution in [0.5, 0.6) is 23.0 Å². The summed E-state index contributed by atoms with van der Waals surface area (Å²) in [5.74, 6) is 3.65. The molecule has 0 unspecified atom stereocenters. The van der Waals surface area contributed by atoms with Gasteiger partial charge in [-0.1, -0.05) is 12.1 Å². The predicted molar refractivity (Wildman–Crippen MR) is 142 cm³/mol. The fourth-order valence-electron chi connectivity index (χ4n) is 4.88. The van der Waals surface area contributed by atoms with Crippen molar-refractivity contribution in [2.24, 2.45) is 0 Å². The molecule has 2 amide bonds. The normalized spacial score (nSPS) is 14.6. The molecule has 2 aliphatic rings. The van der Waals surface area contributed by atoms with Gasteiger partial charge in [-0.3, -0.25) is 14.5 Å². The van der Waals surface area contributed by atoms with E-state index in [1.54, 1.807) is 37.0 Å². The van der Waals surface area contributed by atoms with Gasteiger partial charge in [0.1, 0.15) is 5.76 Å². The van der Waals surface area contributed by atoms with Crippen LogP contribution in [-0.4, -0.2) is 73.7 Å². The first-order valence-electron chi connectivity index (χ1n) is 12.9. The molecule has 0 spiro atoms. The van der Waals surface area contributed by atoms with Crippen LogP contribution in [0, 0.1) is 0 Å². The maximum absolute atomic E-state index is 13.1. The molecule has 1 aromatic heterocycles. The molecule has 1 saturated heterocycles. The van der Waals surface area contributed by atoms with Crippen molar-refractivity contribution < 1.29 is 33.0 Å². The number of ether oxygens (including phenoxy) is 4. The molecular weight excluding hydrogens is 502 g/mol. The van der Waals surface area contributed by atoms with E-state index in [9.17, 15) is 9.59 Å². The molecular formula is C29H33N3O7. The molecule has 3 aromatic rings. The van der Waals surface area contributed by atoms with Crippen molar-refractivity contribution in [1.29, 1.82) is 0 Å². The molecule has 0 N–H and O–H groups in total. The van der Waals surface area contributed by atoms with Gasteiger partial charge in [-0.05, 0) is 47.5 Å². The van der Waals surface area contributed by atoms with Crippen LogP contribution in [0.4, 0.5) is 0 Å². The van der Waals surface area contributed by atoms with Crippen molar-refractivity contribution in [1.82, 2.24) is 14.7 Å². The monoisotopic (exact) mass is 535 g/mol. The van der Waals surface area contributed by atoms with Gasteiger partial charge in [0, 0.05) is 46.2 Å². The number of hydrogen-bond acceptors (Lipinski definition) is 8. The van der Waals surface area contributed by atoms with Crippen molar-refractivity contribution in [3.8, 4) is 23.0 Å². The number of piperazine rings is 1. The van der Waals surface area contributed by atoms with Gasteiger partial charge < -0.3 is 33.2 Å². The zero-order chi connectivity index (χ0) is 27.4. The summed E-state index contributed by atoms with van der Waals surface area (Å²) in [4.78, 5) is 30.4. The Morgan fingerprint density at radius 1 is 0.795 bits per heavy atom. The highest BCUT2D eigenvalue weighted by Gasteiger charge is 2.25. The molecule has 0 atom stereocenters. The second-order valence-corrected chi connectivity index (χ2v) is 9.59. The fraction of sp³-hybridized carbons (Fsp3) is 0.379. The summed E-state index contributed by atoms with van der Waals surface area (Å²) in [6.07, 6.45) is 0. The first-order valence-corrected chi connectivity index (χ1v) is 12.9. The Balaban J connectivity index is 1.32. The van der Waals surface area contributed by atoms with Gasteiger partial charge >= 0.3 is 0 Å². The number of carbonyl (C=O) groups is 2. The Hall–Kier alpha value is -4.18. The van der Waals surface area contributed by atoms with E-state index in [1.165, 1.54) is 0 Å². The Morgan fingerprint density at radius 3 is 2.18 bits per heavy atom. The molecule has 206 valence electrons. The molecule has 0 saturated carbocycles. The number of amides is 2. The number of rotatable bonds is 9. The SMILES string of the molecule is COc1ccc(CN(Cc2ccc3c(c2)OCO3)Cc2ccc(C(=O)N3CCN(C(C)=O)CC3)o2)cc1OC. The maximum Gasteiger partial charge on any atom is 0.289 e. The number of benzene rings is 2. The quantitative estimate of drug-likeness (QED) is 0.411. The lowest BCUT2D eigenvalue weighted by molar-refractivity contribution is -0.130. The summed E-state index contributed by atoms with van der Waals surface area (Å²) in [6.45, 7) is 5.51. The highest BCUT2D eigenvalue weighted by atomic mass is 16.7. The molecule has 2 aliphatic heterocycles. The van der Waals surface area contributed by atoms with Gasteiger partial charge in [-0.15, -0.1) is 0 Å². The van der Waals surface area contributed by atoms with E-state index in [2.05, 4.69) is 4.90 Å². The van der Waals surface area contributed by atoms with E-state index in [4.69, 9.17) is 23.4 Å². The van der Waals surface area contributed by atoms with Crippen LogP contribution in [0.3, 0.4) is 0 Å². The molecule has 0 bridgehead atoms. The lowest BCUT2D eigenvalue weighted by Gasteiger charge is -2.33. The summed E-state index contributed by atoms with van der Waals surface area (Å²) in [5, 5.41) is 0. The summed E-state index contributed by atoms with van der Waals surface area (Å²) in [5.41, 5.74) is 2.10. The second kappa shape index (κ2) is 11.7. The zero-order valence-electron chi connectivity index (χ0n) is 22.5. The van der Waals surface area contributed by atoms with Crippen LogP contribution in [0.1, 0.15) is 34.4 Å². The summed E-state index contributed by atoms with van der Waals surface area (Å²) in [7, 11) is 3.23. The third-order valence-corrected chi connectivity index (χ3v) is 6.96. The Labute approximate surface area is 227 Å². The van der Waals surface area contributed by atoms with E-state index in [-0.39, 0.29) is 18.6 Å². The van der Waals surface area contributed by atoms with Crippen LogP contribution in [0.15, 0.2) is 52.9 Å². The maximum atomic E-state index is 13.1. The topological polar surface area (TPSA) is 93.9 Å². The summed E-state index contributed by atoms with van der Waals surface area (Å²) < 4.78 is 27.9. The smallest absolute Gasteiger partial charge is 0.289 e. The molecule has 0 radical (unpaired) electrons. The first kappa shape index (κ1) is 26.4. The number of furan rings is 1. The molecule has 1 fully saturated rings. The number of carbonyl (C=O) groups excluding carboxylic acids is 2. The van der Waals surface area contributed by atoms with E-state index >= 15 is 0 Å². The van der Waals surface area contributed by atoms with E-state index in [1.807, 2.05) is 42.5 Å². The molecule has 3 heterocycles. The molecule has 10 heteroatoms. The van der Waals surface area contributed by atoms with Crippen LogP contribution in [0.2, 0.25) is 0 Å². The van der Waals surface area contributed by atoms with E-state index < -0.39 is 0 Å². The lowest BCUT2D eigenvalue weighted by atomic mass is 10.1. The number of fused-ring (bicyclic) bond motifs is 1. The summed E-state index contributed by atoms with van der Waals surface area (Å²) in [6, 6.07) is 15.4. The van der Waals surface area contributed by atoms with Crippen LogP contribution >= 0.6 is 0 Å². The van der Waals surface area contributed by atoms with Crippen LogP contribution in [0.25, 0.3) is 0 Å². The van der Waals surface area contributed by atoms with Crippen LogP contribution < -0.4 is 18.9 Å². The van der Waals surface area contributed by atoms with Gasteiger partial charge in [0.05, 0.1) is 20.8 Å². The third-order valence-electron chi connectivity index (χ3n) is 6.96. The molecule has 39 heavy (non-hydrogen) atoms. The van der Waals surface area contributed by atoms with Gasteiger partial charge in [0.2, 0.25) is 12.7 Å². The minimum atomic E-state index is -0.160. The van der Waals surface area contributed by atoms with Gasteiger partial charge in [-0.2, -0.15) is 0 Å². The fourth-order valence-corrected chi connectivity index (χ4v) is 4.88. The lowest BCUT2D eigenvalue weighted by Crippen LogP contribution is -2.50. The van der Waals surface area contributed by atoms with Crippen LogP contribution in [-0.2, 0) is 24.4 Å². The second-order valence-electron chi connectivity index (χ2n) is 9.59. The Bertz CT molecular complexity index is 1330.